The predicted molar refractivity (Wildman–Crippen MR) is 111 cm³/mol. The minimum atomic E-state index is -0.228. The Hall–Kier alpha value is -2.21. The summed E-state index contributed by atoms with van der Waals surface area (Å²) in [6.45, 7) is 8.81. The van der Waals surface area contributed by atoms with Crippen LogP contribution in [-0.2, 0) is 9.59 Å². The fraction of sp³-hybridized carbons (Fsp3) is 0.476. The molecule has 2 amide bonds. The van der Waals surface area contributed by atoms with E-state index in [2.05, 4.69) is 24.1 Å². The summed E-state index contributed by atoms with van der Waals surface area (Å²) in [4.78, 5) is 32.6. The van der Waals surface area contributed by atoms with Crippen molar-refractivity contribution >= 4 is 28.3 Å². The first kappa shape index (κ1) is 21.1. The van der Waals surface area contributed by atoms with E-state index in [0.717, 1.165) is 16.9 Å². The Kier molecular flexibility index (Phi) is 7.98. The van der Waals surface area contributed by atoms with E-state index < -0.39 is 0 Å². The van der Waals surface area contributed by atoms with E-state index in [9.17, 15) is 9.59 Å². The molecule has 146 valence electrons. The second-order valence-corrected chi connectivity index (χ2v) is 8.37. The van der Waals surface area contributed by atoms with E-state index in [4.69, 9.17) is 0 Å². The summed E-state index contributed by atoms with van der Waals surface area (Å²) < 4.78 is 0. The van der Waals surface area contributed by atoms with Gasteiger partial charge in [-0.05, 0) is 31.2 Å². The van der Waals surface area contributed by atoms with E-state index in [-0.39, 0.29) is 24.3 Å². The average Bonchev–Trinajstić information content (AvgIpc) is 3.04. The van der Waals surface area contributed by atoms with Gasteiger partial charge < -0.3 is 10.2 Å². The molecule has 0 aliphatic rings. The third-order valence-corrected chi connectivity index (χ3v) is 5.23. The van der Waals surface area contributed by atoms with Gasteiger partial charge in [-0.1, -0.05) is 51.1 Å². The van der Waals surface area contributed by atoms with Gasteiger partial charge in [-0.3, -0.25) is 9.59 Å². The fourth-order valence-corrected chi connectivity index (χ4v) is 3.57. The van der Waals surface area contributed by atoms with Gasteiger partial charge in [-0.2, -0.15) is 0 Å². The standard InChI is InChI=1S/C21H29N3O2S/c1-5-18(17-9-7-6-8-10-17)20(26)24(12-11-15(2)3)14-19(25)23-21-22-13-16(4)27-21/h6-10,13,15,18H,5,11-12,14H2,1-4H3,(H,22,23,25). The van der Waals surface area contributed by atoms with Gasteiger partial charge in [0.15, 0.2) is 5.13 Å². The number of aryl methyl sites for hydroxylation is 1. The number of anilines is 1. The lowest BCUT2D eigenvalue weighted by atomic mass is 9.94. The molecule has 0 aliphatic carbocycles. The number of hydrogen-bond acceptors (Lipinski definition) is 4. The molecule has 1 N–H and O–H groups in total. The lowest BCUT2D eigenvalue weighted by Crippen LogP contribution is -2.41. The van der Waals surface area contributed by atoms with Crippen molar-refractivity contribution in [3.8, 4) is 0 Å². The highest BCUT2D eigenvalue weighted by Gasteiger charge is 2.26. The van der Waals surface area contributed by atoms with Gasteiger partial charge in [-0.15, -0.1) is 11.3 Å². The van der Waals surface area contributed by atoms with Crippen molar-refractivity contribution in [1.29, 1.82) is 0 Å². The molecular weight excluding hydrogens is 358 g/mol. The summed E-state index contributed by atoms with van der Waals surface area (Å²) in [7, 11) is 0. The molecule has 1 heterocycles. The van der Waals surface area contributed by atoms with Crippen molar-refractivity contribution in [2.24, 2.45) is 5.92 Å². The summed E-state index contributed by atoms with van der Waals surface area (Å²) in [5.41, 5.74) is 0.996. The fourth-order valence-electron chi connectivity index (χ4n) is 2.88. The molecule has 5 nitrogen and oxygen atoms in total. The van der Waals surface area contributed by atoms with Gasteiger partial charge in [0.25, 0.3) is 0 Å². The van der Waals surface area contributed by atoms with Crippen LogP contribution in [0.2, 0.25) is 0 Å². The number of amides is 2. The number of thiazole rings is 1. The van der Waals surface area contributed by atoms with Gasteiger partial charge in [0.1, 0.15) is 0 Å². The third kappa shape index (κ3) is 6.47. The summed E-state index contributed by atoms with van der Waals surface area (Å²) in [6, 6.07) is 9.79. The third-order valence-electron chi connectivity index (χ3n) is 4.40. The number of aromatic nitrogens is 1. The van der Waals surface area contributed by atoms with Crippen molar-refractivity contribution in [1.82, 2.24) is 9.88 Å². The van der Waals surface area contributed by atoms with Crippen molar-refractivity contribution < 1.29 is 9.59 Å². The van der Waals surface area contributed by atoms with Crippen LogP contribution in [0, 0.1) is 12.8 Å². The minimum Gasteiger partial charge on any atom is -0.333 e. The normalized spacial score (nSPS) is 12.0. The van der Waals surface area contributed by atoms with Crippen molar-refractivity contribution in [3.05, 3.63) is 47.0 Å². The average molecular weight is 388 g/mol. The first-order valence-electron chi connectivity index (χ1n) is 9.46. The number of nitrogens with zero attached hydrogens (tertiary/aromatic N) is 2. The molecule has 0 spiro atoms. The zero-order chi connectivity index (χ0) is 19.8. The van der Waals surface area contributed by atoms with Gasteiger partial charge in [0.05, 0.1) is 12.5 Å². The molecule has 27 heavy (non-hydrogen) atoms. The second-order valence-electron chi connectivity index (χ2n) is 7.14. The molecule has 1 atom stereocenters. The molecule has 0 saturated carbocycles. The van der Waals surface area contributed by atoms with Gasteiger partial charge in [-0.25, -0.2) is 4.98 Å². The Morgan fingerprint density at radius 2 is 1.93 bits per heavy atom. The van der Waals surface area contributed by atoms with Crippen LogP contribution in [0.5, 0.6) is 0 Å². The van der Waals surface area contributed by atoms with Crippen LogP contribution in [0.25, 0.3) is 0 Å². The first-order valence-corrected chi connectivity index (χ1v) is 10.3. The zero-order valence-corrected chi connectivity index (χ0v) is 17.4. The van der Waals surface area contributed by atoms with Crippen LogP contribution in [-0.4, -0.2) is 34.8 Å². The Bertz CT molecular complexity index is 743. The molecule has 0 saturated heterocycles. The van der Waals surface area contributed by atoms with Crippen molar-refractivity contribution in [3.63, 3.8) is 0 Å². The Balaban J connectivity index is 2.11. The topological polar surface area (TPSA) is 62.3 Å². The highest BCUT2D eigenvalue weighted by molar-refractivity contribution is 7.15. The summed E-state index contributed by atoms with van der Waals surface area (Å²) in [5, 5.41) is 3.38. The second kappa shape index (κ2) is 10.2. The van der Waals surface area contributed by atoms with Gasteiger partial charge in [0.2, 0.25) is 11.8 Å². The van der Waals surface area contributed by atoms with E-state index >= 15 is 0 Å². The van der Waals surface area contributed by atoms with Crippen LogP contribution < -0.4 is 5.32 Å². The van der Waals surface area contributed by atoms with Crippen LogP contribution >= 0.6 is 11.3 Å². The summed E-state index contributed by atoms with van der Waals surface area (Å²) in [6.07, 6.45) is 3.29. The zero-order valence-electron chi connectivity index (χ0n) is 16.6. The number of hydrogen-bond donors (Lipinski definition) is 1. The molecule has 0 fully saturated rings. The minimum absolute atomic E-state index is 0.00909. The Morgan fingerprint density at radius 3 is 2.48 bits per heavy atom. The SMILES string of the molecule is CCC(C(=O)N(CCC(C)C)CC(=O)Nc1ncc(C)s1)c1ccccc1. The largest absolute Gasteiger partial charge is 0.333 e. The van der Waals surface area contributed by atoms with E-state index in [0.29, 0.717) is 24.0 Å². The number of nitrogens with one attached hydrogen (secondary N) is 1. The highest BCUT2D eigenvalue weighted by atomic mass is 32.1. The summed E-state index contributed by atoms with van der Waals surface area (Å²) >= 11 is 1.43. The Morgan fingerprint density at radius 1 is 1.22 bits per heavy atom. The van der Waals surface area contributed by atoms with Crippen molar-refractivity contribution in [2.45, 2.75) is 46.5 Å². The van der Waals surface area contributed by atoms with Crippen LogP contribution in [0.3, 0.4) is 0 Å². The maximum Gasteiger partial charge on any atom is 0.245 e. The number of benzene rings is 1. The maximum atomic E-state index is 13.2. The predicted octanol–water partition coefficient (Wildman–Crippen LogP) is 4.46. The van der Waals surface area contributed by atoms with Gasteiger partial charge >= 0.3 is 0 Å². The van der Waals surface area contributed by atoms with Gasteiger partial charge in [0, 0.05) is 17.6 Å². The van der Waals surface area contributed by atoms with Crippen LogP contribution in [0.15, 0.2) is 36.5 Å². The lowest BCUT2D eigenvalue weighted by molar-refractivity contribution is -0.136. The first-order chi connectivity index (χ1) is 12.9. The molecule has 1 unspecified atom stereocenters. The quantitative estimate of drug-likeness (QED) is 0.691. The maximum absolute atomic E-state index is 13.2. The lowest BCUT2D eigenvalue weighted by Gasteiger charge is -2.27. The molecule has 0 aliphatic heterocycles. The molecule has 6 heteroatoms. The molecule has 0 bridgehead atoms. The van der Waals surface area contributed by atoms with Crippen LogP contribution in [0.1, 0.15) is 50.0 Å². The Labute approximate surface area is 165 Å². The number of rotatable bonds is 9. The molecule has 1 aromatic carbocycles. The highest BCUT2D eigenvalue weighted by Crippen LogP contribution is 2.23. The van der Waals surface area contributed by atoms with Crippen LogP contribution in [0.4, 0.5) is 5.13 Å². The van der Waals surface area contributed by atoms with E-state index in [1.165, 1.54) is 11.3 Å². The molecular formula is C21H29N3O2S. The number of carbonyl (C=O) groups excluding carboxylic acids is 2. The molecule has 2 rings (SSSR count). The number of carbonyl (C=O) groups is 2. The molecule has 1 aromatic heterocycles. The molecule has 2 aromatic rings. The monoisotopic (exact) mass is 387 g/mol. The summed E-state index contributed by atoms with van der Waals surface area (Å²) in [5.74, 6) is 0.0363. The van der Waals surface area contributed by atoms with E-state index in [1.807, 2.05) is 44.2 Å². The van der Waals surface area contributed by atoms with Crippen molar-refractivity contribution in [2.75, 3.05) is 18.4 Å². The van der Waals surface area contributed by atoms with E-state index in [1.54, 1.807) is 11.1 Å². The smallest absolute Gasteiger partial charge is 0.245 e. The molecule has 0 radical (unpaired) electrons.